The minimum absolute atomic E-state index is 0.166. The van der Waals surface area contributed by atoms with Crippen molar-refractivity contribution >= 4 is 23.7 Å². The van der Waals surface area contributed by atoms with Gasteiger partial charge in [-0.05, 0) is 24.6 Å². The van der Waals surface area contributed by atoms with Crippen molar-refractivity contribution in [2.24, 2.45) is 0 Å². The second-order valence-corrected chi connectivity index (χ2v) is 4.37. The molecule has 0 radical (unpaired) electrons. The summed E-state index contributed by atoms with van der Waals surface area (Å²) in [5, 5.41) is 38.5. The van der Waals surface area contributed by atoms with Crippen molar-refractivity contribution < 1.29 is 34.8 Å². The van der Waals surface area contributed by atoms with Crippen molar-refractivity contribution in [1.82, 2.24) is 5.32 Å². The average molecular weight is 309 g/mol. The minimum Gasteiger partial charge on any atom is -0.504 e. The summed E-state index contributed by atoms with van der Waals surface area (Å²) in [5.74, 6) is -3.79. The van der Waals surface area contributed by atoms with Crippen molar-refractivity contribution in [1.29, 1.82) is 0 Å². The van der Waals surface area contributed by atoms with Crippen molar-refractivity contribution in [3.05, 3.63) is 29.3 Å². The molecule has 118 valence electrons. The van der Waals surface area contributed by atoms with Crippen LogP contribution < -0.4 is 5.32 Å². The Labute approximate surface area is 125 Å². The molecule has 1 aromatic carbocycles. The molecular formula is C14H15NO7. The first-order valence-corrected chi connectivity index (χ1v) is 6.16. The standard InChI is InChI=1S/C14H15NO7/c1-7(17)12-8(2-4-10(18)13(12)20)3-5-11(19)15-9(6-16)14(21)22/h2-5,9,16,18,20H,6H2,1H3,(H,15,19)(H,21,22). The molecule has 0 saturated carbocycles. The molecule has 1 amide bonds. The number of amides is 1. The van der Waals surface area contributed by atoms with Gasteiger partial charge >= 0.3 is 5.97 Å². The Hall–Kier alpha value is -2.87. The minimum atomic E-state index is -1.45. The quantitative estimate of drug-likeness (QED) is 0.280. The Morgan fingerprint density at radius 1 is 1.27 bits per heavy atom. The number of aliphatic hydroxyl groups is 1. The summed E-state index contributed by atoms with van der Waals surface area (Å²) in [6.07, 6.45) is 2.13. The van der Waals surface area contributed by atoms with Crippen LogP contribution in [0.2, 0.25) is 0 Å². The van der Waals surface area contributed by atoms with E-state index in [0.29, 0.717) is 0 Å². The second-order valence-electron chi connectivity index (χ2n) is 4.37. The summed E-state index contributed by atoms with van der Waals surface area (Å²) >= 11 is 0. The van der Waals surface area contributed by atoms with Crippen LogP contribution in [0.25, 0.3) is 6.08 Å². The van der Waals surface area contributed by atoms with Gasteiger partial charge in [-0.3, -0.25) is 9.59 Å². The van der Waals surface area contributed by atoms with Gasteiger partial charge in [-0.2, -0.15) is 0 Å². The summed E-state index contributed by atoms with van der Waals surface area (Å²) in [5.41, 5.74) is 0.00909. The number of phenols is 2. The van der Waals surface area contributed by atoms with Gasteiger partial charge in [-0.1, -0.05) is 6.07 Å². The zero-order valence-electron chi connectivity index (χ0n) is 11.6. The molecule has 0 aliphatic rings. The van der Waals surface area contributed by atoms with Crippen molar-refractivity contribution in [2.45, 2.75) is 13.0 Å². The van der Waals surface area contributed by atoms with E-state index in [1.54, 1.807) is 0 Å². The number of carbonyl (C=O) groups is 3. The smallest absolute Gasteiger partial charge is 0.328 e. The Balaban J connectivity index is 3.00. The van der Waals surface area contributed by atoms with Crippen molar-refractivity contribution in [3.8, 4) is 11.5 Å². The number of carboxylic acids is 1. The van der Waals surface area contributed by atoms with Crippen LogP contribution in [-0.4, -0.2) is 50.7 Å². The Bertz CT molecular complexity index is 636. The number of benzene rings is 1. The number of hydrogen-bond donors (Lipinski definition) is 5. The first-order valence-electron chi connectivity index (χ1n) is 6.16. The van der Waals surface area contributed by atoms with Gasteiger partial charge in [0.1, 0.15) is 0 Å². The van der Waals surface area contributed by atoms with Gasteiger partial charge in [-0.15, -0.1) is 0 Å². The zero-order valence-corrected chi connectivity index (χ0v) is 11.6. The van der Waals surface area contributed by atoms with Crippen LogP contribution in [-0.2, 0) is 9.59 Å². The maximum absolute atomic E-state index is 11.6. The highest BCUT2D eigenvalue weighted by molar-refractivity contribution is 6.02. The number of aliphatic hydroxyl groups excluding tert-OH is 1. The van der Waals surface area contributed by atoms with Gasteiger partial charge in [0.15, 0.2) is 23.3 Å². The fourth-order valence-corrected chi connectivity index (χ4v) is 1.68. The van der Waals surface area contributed by atoms with E-state index in [1.807, 2.05) is 5.32 Å². The summed E-state index contributed by atoms with van der Waals surface area (Å²) < 4.78 is 0. The van der Waals surface area contributed by atoms with Crippen molar-refractivity contribution in [2.75, 3.05) is 6.61 Å². The molecule has 0 saturated heterocycles. The lowest BCUT2D eigenvalue weighted by atomic mass is 10.0. The molecule has 0 spiro atoms. The summed E-state index contributed by atoms with van der Waals surface area (Å²) in [4.78, 5) is 33.7. The molecule has 5 N–H and O–H groups in total. The van der Waals surface area contributed by atoms with Crippen LogP contribution in [0.5, 0.6) is 11.5 Å². The molecule has 0 fully saturated rings. The number of Topliss-reactive ketones (excluding diaryl/α,β-unsaturated/α-hetero) is 1. The van der Waals surface area contributed by atoms with Crippen LogP contribution in [0.1, 0.15) is 22.8 Å². The Morgan fingerprint density at radius 2 is 1.91 bits per heavy atom. The molecule has 0 bridgehead atoms. The average Bonchev–Trinajstić information content (AvgIpc) is 2.45. The maximum Gasteiger partial charge on any atom is 0.328 e. The molecular weight excluding hydrogens is 294 g/mol. The number of carbonyl (C=O) groups excluding carboxylic acids is 2. The molecule has 8 heteroatoms. The third-order valence-electron chi connectivity index (χ3n) is 2.75. The molecule has 0 aromatic heterocycles. The molecule has 22 heavy (non-hydrogen) atoms. The Kier molecular flexibility index (Phi) is 5.65. The predicted octanol–water partition coefficient (Wildman–Crippen LogP) is -0.125. The van der Waals surface area contributed by atoms with Crippen LogP contribution in [0.4, 0.5) is 0 Å². The molecule has 8 nitrogen and oxygen atoms in total. The fourth-order valence-electron chi connectivity index (χ4n) is 1.68. The molecule has 1 atom stereocenters. The first-order chi connectivity index (χ1) is 10.3. The highest BCUT2D eigenvalue weighted by atomic mass is 16.4. The fraction of sp³-hybridized carbons (Fsp3) is 0.214. The topological polar surface area (TPSA) is 144 Å². The van der Waals surface area contributed by atoms with Crippen LogP contribution in [0.15, 0.2) is 18.2 Å². The van der Waals surface area contributed by atoms with Gasteiger partial charge in [-0.25, -0.2) is 4.79 Å². The molecule has 1 aromatic rings. The number of aromatic hydroxyl groups is 2. The summed E-state index contributed by atoms with van der Waals surface area (Å²) in [6, 6.07) is 1.02. The largest absolute Gasteiger partial charge is 0.504 e. The van der Waals surface area contributed by atoms with E-state index in [0.717, 1.165) is 12.1 Å². The monoisotopic (exact) mass is 309 g/mol. The van der Waals surface area contributed by atoms with E-state index in [9.17, 15) is 24.6 Å². The number of phenolic OH excluding ortho intramolecular Hbond substituents is 2. The molecule has 1 rings (SSSR count). The zero-order chi connectivity index (χ0) is 16.9. The second kappa shape index (κ2) is 7.23. The summed E-state index contributed by atoms with van der Waals surface area (Å²) in [6.45, 7) is 0.408. The van der Waals surface area contributed by atoms with E-state index in [2.05, 4.69) is 0 Å². The van der Waals surface area contributed by atoms with Gasteiger partial charge in [0, 0.05) is 6.08 Å². The first kappa shape index (κ1) is 17.2. The number of rotatable bonds is 6. The summed E-state index contributed by atoms with van der Waals surface area (Å²) in [7, 11) is 0. The molecule has 0 heterocycles. The number of ketones is 1. The predicted molar refractivity (Wildman–Crippen MR) is 75.5 cm³/mol. The van der Waals surface area contributed by atoms with Crippen LogP contribution in [0, 0.1) is 0 Å². The Morgan fingerprint density at radius 3 is 2.41 bits per heavy atom. The third kappa shape index (κ3) is 4.06. The lowest BCUT2D eigenvalue weighted by Crippen LogP contribution is -2.42. The van der Waals surface area contributed by atoms with Crippen molar-refractivity contribution in [3.63, 3.8) is 0 Å². The van der Waals surface area contributed by atoms with E-state index in [-0.39, 0.29) is 11.1 Å². The number of hydrogen-bond acceptors (Lipinski definition) is 6. The number of aliphatic carboxylic acids is 1. The highest BCUT2D eigenvalue weighted by Gasteiger charge is 2.18. The van der Waals surface area contributed by atoms with Crippen LogP contribution >= 0.6 is 0 Å². The number of nitrogens with one attached hydrogen (secondary N) is 1. The molecule has 1 unspecified atom stereocenters. The lowest BCUT2D eigenvalue weighted by molar-refractivity contribution is -0.142. The van der Waals surface area contributed by atoms with Gasteiger partial charge in [0.25, 0.3) is 0 Å². The van der Waals surface area contributed by atoms with Gasteiger partial charge < -0.3 is 25.7 Å². The van der Waals surface area contributed by atoms with E-state index < -0.39 is 41.8 Å². The molecule has 0 aliphatic carbocycles. The third-order valence-corrected chi connectivity index (χ3v) is 2.75. The highest BCUT2D eigenvalue weighted by Crippen LogP contribution is 2.32. The maximum atomic E-state index is 11.6. The van der Waals surface area contributed by atoms with Gasteiger partial charge in [0.05, 0.1) is 12.2 Å². The SMILES string of the molecule is CC(=O)c1c(C=CC(=O)NC(CO)C(=O)O)ccc(O)c1O. The van der Waals surface area contributed by atoms with E-state index in [1.165, 1.54) is 19.1 Å². The van der Waals surface area contributed by atoms with E-state index >= 15 is 0 Å². The van der Waals surface area contributed by atoms with Gasteiger partial charge in [0.2, 0.25) is 5.91 Å². The van der Waals surface area contributed by atoms with Crippen LogP contribution in [0.3, 0.4) is 0 Å². The molecule has 0 aliphatic heterocycles. The normalized spacial score (nSPS) is 12.1. The van der Waals surface area contributed by atoms with E-state index in [4.69, 9.17) is 10.2 Å². The lowest BCUT2D eigenvalue weighted by Gasteiger charge is -2.10. The number of carboxylic acid groups (broad SMARTS) is 1.